The molecular weight excluding hydrogens is 220 g/mol. The summed E-state index contributed by atoms with van der Waals surface area (Å²) in [6.45, 7) is 0. The molecule has 16 heavy (non-hydrogen) atoms. The van der Waals surface area contributed by atoms with Crippen LogP contribution in [-0.4, -0.2) is 10.8 Å². The van der Waals surface area contributed by atoms with E-state index in [1.54, 1.807) is 24.4 Å². The van der Waals surface area contributed by atoms with Crippen LogP contribution in [0.25, 0.3) is 0 Å². The molecule has 0 aliphatic carbocycles. The number of rotatable bonds is 3. The summed E-state index contributed by atoms with van der Waals surface area (Å²) in [6.07, 6.45) is 3.09. The van der Waals surface area contributed by atoms with Gasteiger partial charge in [-0.2, -0.15) is 5.26 Å². The Morgan fingerprint density at radius 1 is 1.44 bits per heavy atom. The third-order valence-corrected chi connectivity index (χ3v) is 3.10. The van der Waals surface area contributed by atoms with Crippen molar-refractivity contribution in [2.75, 3.05) is 0 Å². The van der Waals surface area contributed by atoms with Crippen LogP contribution in [0.2, 0.25) is 0 Å². The molecule has 1 unspecified atom stereocenters. The minimum Gasteiger partial charge on any atom is -0.292 e. The Kier molecular flexibility index (Phi) is 3.08. The third-order valence-electron chi connectivity index (χ3n) is 2.17. The van der Waals surface area contributed by atoms with Crippen molar-refractivity contribution in [3.63, 3.8) is 0 Å². The molecule has 0 radical (unpaired) electrons. The first-order valence-electron chi connectivity index (χ1n) is 4.70. The topological polar surface area (TPSA) is 53.8 Å². The average Bonchev–Trinajstić information content (AvgIpc) is 2.85. The summed E-state index contributed by atoms with van der Waals surface area (Å²) in [7, 11) is 0. The molecule has 1 atom stereocenters. The van der Waals surface area contributed by atoms with E-state index in [0.29, 0.717) is 5.56 Å². The maximum atomic E-state index is 12.0. The van der Waals surface area contributed by atoms with Crippen LogP contribution in [0.15, 0.2) is 42.0 Å². The van der Waals surface area contributed by atoms with Gasteiger partial charge < -0.3 is 0 Å². The zero-order valence-electron chi connectivity index (χ0n) is 8.33. The predicted molar refractivity (Wildman–Crippen MR) is 61.2 cm³/mol. The monoisotopic (exact) mass is 228 g/mol. The van der Waals surface area contributed by atoms with Crippen LogP contribution < -0.4 is 0 Å². The zero-order valence-corrected chi connectivity index (χ0v) is 9.15. The van der Waals surface area contributed by atoms with Crippen LogP contribution in [0.1, 0.15) is 21.2 Å². The fourth-order valence-corrected chi connectivity index (χ4v) is 2.15. The first-order chi connectivity index (χ1) is 7.83. The van der Waals surface area contributed by atoms with E-state index in [1.807, 2.05) is 17.5 Å². The first kappa shape index (κ1) is 10.5. The van der Waals surface area contributed by atoms with Gasteiger partial charge >= 0.3 is 0 Å². The van der Waals surface area contributed by atoms with Crippen LogP contribution in [0.5, 0.6) is 0 Å². The SMILES string of the molecule is N#CC(C(=O)c1cccnc1)c1cccs1. The summed E-state index contributed by atoms with van der Waals surface area (Å²) in [6, 6.07) is 9.03. The van der Waals surface area contributed by atoms with E-state index in [9.17, 15) is 4.79 Å². The molecule has 0 fully saturated rings. The molecule has 2 aromatic heterocycles. The minimum atomic E-state index is -0.718. The number of nitriles is 1. The molecule has 2 aromatic rings. The van der Waals surface area contributed by atoms with Crippen LogP contribution in [0, 0.1) is 11.3 Å². The number of Topliss-reactive ketones (excluding diaryl/α,β-unsaturated/α-hetero) is 1. The van der Waals surface area contributed by atoms with Gasteiger partial charge in [-0.05, 0) is 23.6 Å². The second kappa shape index (κ2) is 4.69. The van der Waals surface area contributed by atoms with Crippen LogP contribution in [-0.2, 0) is 0 Å². The van der Waals surface area contributed by atoms with E-state index in [-0.39, 0.29) is 5.78 Å². The highest BCUT2D eigenvalue weighted by Crippen LogP contribution is 2.24. The number of hydrogen-bond donors (Lipinski definition) is 0. The third kappa shape index (κ3) is 2.00. The summed E-state index contributed by atoms with van der Waals surface area (Å²) in [5.74, 6) is -0.915. The van der Waals surface area contributed by atoms with Gasteiger partial charge in [0.2, 0.25) is 0 Å². The maximum Gasteiger partial charge on any atom is 0.186 e. The van der Waals surface area contributed by atoms with E-state index in [0.717, 1.165) is 4.88 Å². The van der Waals surface area contributed by atoms with Gasteiger partial charge in [-0.25, -0.2) is 0 Å². The first-order valence-corrected chi connectivity index (χ1v) is 5.58. The molecule has 0 saturated carbocycles. The summed E-state index contributed by atoms with van der Waals surface area (Å²) in [5.41, 5.74) is 0.474. The molecule has 2 rings (SSSR count). The lowest BCUT2D eigenvalue weighted by Gasteiger charge is -2.04. The number of aromatic nitrogens is 1. The van der Waals surface area contributed by atoms with Gasteiger partial charge in [0.25, 0.3) is 0 Å². The Morgan fingerprint density at radius 3 is 2.88 bits per heavy atom. The number of ketones is 1. The smallest absolute Gasteiger partial charge is 0.186 e. The fraction of sp³-hybridized carbons (Fsp3) is 0.0833. The van der Waals surface area contributed by atoms with Crippen LogP contribution in [0.4, 0.5) is 0 Å². The van der Waals surface area contributed by atoms with E-state index in [1.165, 1.54) is 17.5 Å². The van der Waals surface area contributed by atoms with Crippen molar-refractivity contribution in [3.8, 4) is 6.07 Å². The van der Waals surface area contributed by atoms with Crippen molar-refractivity contribution in [2.24, 2.45) is 0 Å². The second-order valence-electron chi connectivity index (χ2n) is 3.18. The summed E-state index contributed by atoms with van der Waals surface area (Å²) in [4.78, 5) is 16.7. The molecule has 0 aromatic carbocycles. The van der Waals surface area contributed by atoms with Crippen molar-refractivity contribution >= 4 is 17.1 Å². The quantitative estimate of drug-likeness (QED) is 0.759. The van der Waals surface area contributed by atoms with Crippen molar-refractivity contribution in [1.82, 2.24) is 4.98 Å². The summed E-state index contributed by atoms with van der Waals surface area (Å²) < 4.78 is 0. The van der Waals surface area contributed by atoms with E-state index < -0.39 is 5.92 Å². The Labute approximate surface area is 97.0 Å². The molecule has 0 saturated heterocycles. The van der Waals surface area contributed by atoms with Gasteiger partial charge in [0.1, 0.15) is 5.92 Å². The Bertz CT molecular complexity index is 514. The highest BCUT2D eigenvalue weighted by atomic mass is 32.1. The summed E-state index contributed by atoms with van der Waals surface area (Å²) >= 11 is 1.41. The number of carbonyl (C=O) groups excluding carboxylic acids is 1. The predicted octanol–water partition coefficient (Wildman–Crippen LogP) is 2.63. The van der Waals surface area contributed by atoms with Crippen molar-refractivity contribution in [3.05, 3.63) is 52.5 Å². The number of carbonyl (C=O) groups is 1. The largest absolute Gasteiger partial charge is 0.292 e. The molecule has 0 aliphatic heterocycles. The second-order valence-corrected chi connectivity index (χ2v) is 4.16. The summed E-state index contributed by atoms with van der Waals surface area (Å²) in [5, 5.41) is 10.9. The maximum absolute atomic E-state index is 12.0. The van der Waals surface area contributed by atoms with Gasteiger partial charge in [-0.15, -0.1) is 11.3 Å². The molecular formula is C12H8N2OS. The molecule has 2 heterocycles. The fourth-order valence-electron chi connectivity index (χ4n) is 1.38. The number of thiophene rings is 1. The molecule has 0 bridgehead atoms. The zero-order chi connectivity index (χ0) is 11.4. The Morgan fingerprint density at radius 2 is 2.31 bits per heavy atom. The number of nitrogens with zero attached hydrogens (tertiary/aromatic N) is 2. The lowest BCUT2D eigenvalue weighted by atomic mass is 9.99. The normalized spacial score (nSPS) is 11.7. The molecule has 0 N–H and O–H groups in total. The molecule has 0 aliphatic rings. The Balaban J connectivity index is 2.31. The van der Waals surface area contributed by atoms with E-state index in [4.69, 9.17) is 5.26 Å². The highest BCUT2D eigenvalue weighted by Gasteiger charge is 2.22. The standard InChI is InChI=1S/C12H8N2OS/c13-7-10(11-4-2-6-16-11)12(15)9-3-1-5-14-8-9/h1-6,8,10H. The average molecular weight is 228 g/mol. The van der Waals surface area contributed by atoms with E-state index in [2.05, 4.69) is 4.98 Å². The number of pyridine rings is 1. The lowest BCUT2D eigenvalue weighted by molar-refractivity contribution is 0.0979. The van der Waals surface area contributed by atoms with Gasteiger partial charge in [0, 0.05) is 22.8 Å². The lowest BCUT2D eigenvalue weighted by Crippen LogP contribution is -2.10. The van der Waals surface area contributed by atoms with Gasteiger partial charge in [0.15, 0.2) is 5.78 Å². The van der Waals surface area contributed by atoms with Crippen molar-refractivity contribution in [1.29, 1.82) is 5.26 Å². The van der Waals surface area contributed by atoms with E-state index >= 15 is 0 Å². The van der Waals surface area contributed by atoms with Crippen molar-refractivity contribution < 1.29 is 4.79 Å². The van der Waals surface area contributed by atoms with Crippen molar-refractivity contribution in [2.45, 2.75) is 5.92 Å². The highest BCUT2D eigenvalue weighted by molar-refractivity contribution is 7.10. The molecule has 78 valence electrons. The molecule has 0 amide bonds. The molecule has 4 heteroatoms. The molecule has 3 nitrogen and oxygen atoms in total. The van der Waals surface area contributed by atoms with Gasteiger partial charge in [-0.3, -0.25) is 9.78 Å². The number of hydrogen-bond acceptors (Lipinski definition) is 4. The minimum absolute atomic E-state index is 0.196. The molecule has 0 spiro atoms. The Hall–Kier alpha value is -1.99. The van der Waals surface area contributed by atoms with Gasteiger partial charge in [0.05, 0.1) is 6.07 Å². The van der Waals surface area contributed by atoms with Crippen LogP contribution in [0.3, 0.4) is 0 Å². The van der Waals surface area contributed by atoms with Crippen LogP contribution >= 0.6 is 11.3 Å². The van der Waals surface area contributed by atoms with Gasteiger partial charge in [-0.1, -0.05) is 6.07 Å².